The SMILES string of the molecule is C=CC(CCl)OC1c2[c-]cccc2Cc2ccc3ccccc3c21.[Y]. The molecule has 0 aliphatic heterocycles. The molecule has 2 unspecified atom stereocenters. The van der Waals surface area contributed by atoms with Gasteiger partial charge in [-0.2, -0.15) is 24.3 Å². The number of hydrogen-bond acceptors (Lipinski definition) is 1. The predicted molar refractivity (Wildman–Crippen MR) is 99.7 cm³/mol. The van der Waals surface area contributed by atoms with Crippen LogP contribution >= 0.6 is 11.6 Å². The van der Waals surface area contributed by atoms with Crippen molar-refractivity contribution in [3.05, 3.63) is 95.6 Å². The monoisotopic (exact) mass is 422 g/mol. The minimum Gasteiger partial charge on any atom is -0.362 e. The van der Waals surface area contributed by atoms with Crippen molar-refractivity contribution in [3.63, 3.8) is 0 Å². The van der Waals surface area contributed by atoms with Crippen LogP contribution in [0.4, 0.5) is 0 Å². The minimum atomic E-state index is -0.192. The van der Waals surface area contributed by atoms with Crippen molar-refractivity contribution >= 4 is 22.4 Å². The van der Waals surface area contributed by atoms with E-state index in [-0.39, 0.29) is 44.9 Å². The van der Waals surface area contributed by atoms with Crippen molar-refractivity contribution in [2.45, 2.75) is 18.6 Å². The van der Waals surface area contributed by atoms with Crippen LogP contribution in [0.25, 0.3) is 10.8 Å². The van der Waals surface area contributed by atoms with E-state index in [0.29, 0.717) is 5.88 Å². The molecule has 3 aromatic rings. The van der Waals surface area contributed by atoms with Gasteiger partial charge in [0.2, 0.25) is 0 Å². The van der Waals surface area contributed by atoms with Crippen molar-refractivity contribution in [3.8, 4) is 0 Å². The van der Waals surface area contributed by atoms with E-state index >= 15 is 0 Å². The first kappa shape index (κ1) is 18.8. The molecule has 2 atom stereocenters. The fourth-order valence-corrected chi connectivity index (χ4v) is 3.70. The Morgan fingerprint density at radius 3 is 2.80 bits per heavy atom. The normalized spacial score (nSPS) is 16.4. The molecule has 123 valence electrons. The van der Waals surface area contributed by atoms with Gasteiger partial charge in [-0.1, -0.05) is 42.5 Å². The van der Waals surface area contributed by atoms with E-state index in [2.05, 4.69) is 55.1 Å². The number of alkyl halides is 1. The van der Waals surface area contributed by atoms with Gasteiger partial charge in [0.1, 0.15) is 0 Å². The summed E-state index contributed by atoms with van der Waals surface area (Å²) in [5.41, 5.74) is 4.92. The van der Waals surface area contributed by atoms with E-state index in [1.54, 1.807) is 6.08 Å². The molecule has 25 heavy (non-hydrogen) atoms. The largest absolute Gasteiger partial charge is 0.362 e. The summed E-state index contributed by atoms with van der Waals surface area (Å²) in [4.78, 5) is 0. The number of ether oxygens (including phenoxy) is 1. The van der Waals surface area contributed by atoms with Gasteiger partial charge >= 0.3 is 0 Å². The molecule has 3 aromatic carbocycles. The van der Waals surface area contributed by atoms with Gasteiger partial charge in [0.25, 0.3) is 0 Å². The summed E-state index contributed by atoms with van der Waals surface area (Å²) >= 11 is 6.05. The first-order chi connectivity index (χ1) is 11.8. The van der Waals surface area contributed by atoms with Crippen LogP contribution in [0, 0.1) is 6.07 Å². The van der Waals surface area contributed by atoms with E-state index in [1.165, 1.54) is 27.5 Å². The zero-order valence-corrected chi connectivity index (χ0v) is 17.5. The number of hydrogen-bond donors (Lipinski definition) is 0. The molecule has 0 heterocycles. The fourth-order valence-electron chi connectivity index (χ4n) is 3.50. The van der Waals surface area contributed by atoms with Gasteiger partial charge in [0.15, 0.2) is 0 Å². The molecular formula is C22H18ClOY-. The van der Waals surface area contributed by atoms with Crippen molar-refractivity contribution in [2.24, 2.45) is 0 Å². The first-order valence-corrected chi connectivity index (χ1v) is 8.69. The van der Waals surface area contributed by atoms with Gasteiger partial charge < -0.3 is 4.74 Å². The van der Waals surface area contributed by atoms with Crippen LogP contribution in [0.1, 0.15) is 28.4 Å². The van der Waals surface area contributed by atoms with E-state index in [4.69, 9.17) is 16.3 Å². The Labute approximate surface area is 178 Å². The summed E-state index contributed by atoms with van der Waals surface area (Å²) in [6, 6.07) is 22.4. The molecule has 0 aromatic heterocycles. The number of halogens is 1. The van der Waals surface area contributed by atoms with Gasteiger partial charge in [-0.25, -0.2) is 0 Å². The second-order valence-corrected chi connectivity index (χ2v) is 6.40. The summed E-state index contributed by atoms with van der Waals surface area (Å²) in [5.74, 6) is 0.391. The summed E-state index contributed by atoms with van der Waals surface area (Å²) < 4.78 is 6.37. The Morgan fingerprint density at radius 1 is 1.16 bits per heavy atom. The molecule has 0 saturated carbocycles. The van der Waals surface area contributed by atoms with Crippen LogP contribution in [0.5, 0.6) is 0 Å². The molecule has 1 nitrogen and oxygen atoms in total. The van der Waals surface area contributed by atoms with Gasteiger partial charge in [0, 0.05) is 32.7 Å². The number of benzene rings is 3. The molecule has 0 amide bonds. The van der Waals surface area contributed by atoms with E-state index in [9.17, 15) is 0 Å². The Kier molecular flexibility index (Phi) is 6.12. The van der Waals surface area contributed by atoms with Crippen LogP contribution in [0.3, 0.4) is 0 Å². The average molecular weight is 423 g/mol. The third kappa shape index (κ3) is 3.48. The topological polar surface area (TPSA) is 9.23 Å². The van der Waals surface area contributed by atoms with Crippen molar-refractivity contribution in [2.75, 3.05) is 5.88 Å². The van der Waals surface area contributed by atoms with Crippen molar-refractivity contribution < 1.29 is 37.4 Å². The quantitative estimate of drug-likeness (QED) is 0.309. The smallest absolute Gasteiger partial charge is 0.0900 e. The molecule has 0 N–H and O–H groups in total. The second-order valence-electron chi connectivity index (χ2n) is 6.09. The standard InChI is InChI=1S/C22H18ClO.Y/c1-2-18(14-23)24-22-20-10-6-4-8-16(20)13-17-12-11-15-7-3-5-9-19(15)21(17)22;/h2-9,11-12,18,22H,1,13-14H2;/q-1;. The molecule has 1 radical (unpaired) electrons. The summed E-state index contributed by atoms with van der Waals surface area (Å²) in [6.45, 7) is 3.85. The Morgan fingerprint density at radius 2 is 2.00 bits per heavy atom. The van der Waals surface area contributed by atoms with Gasteiger partial charge in [-0.3, -0.25) is 0 Å². The van der Waals surface area contributed by atoms with Crippen LogP contribution in [-0.2, 0) is 43.9 Å². The molecule has 0 saturated heterocycles. The summed E-state index contributed by atoms with van der Waals surface area (Å²) in [6.07, 6.45) is 2.32. The average Bonchev–Trinajstić information content (AvgIpc) is 2.65. The van der Waals surface area contributed by atoms with Crippen molar-refractivity contribution in [1.82, 2.24) is 0 Å². The van der Waals surface area contributed by atoms with Crippen LogP contribution in [0.15, 0.2) is 67.3 Å². The molecule has 0 fully saturated rings. The number of rotatable bonds is 4. The maximum atomic E-state index is 6.37. The first-order valence-electron chi connectivity index (χ1n) is 8.16. The third-order valence-corrected chi connectivity index (χ3v) is 4.97. The van der Waals surface area contributed by atoms with Gasteiger partial charge in [-0.05, 0) is 28.3 Å². The van der Waals surface area contributed by atoms with Crippen molar-refractivity contribution in [1.29, 1.82) is 0 Å². The number of fused-ring (bicyclic) bond motifs is 4. The fraction of sp³-hybridized carbons (Fsp3) is 0.182. The Bertz CT molecular complexity index is 905. The molecule has 4 rings (SSSR count). The second kappa shape index (κ2) is 8.14. The summed E-state index contributed by atoms with van der Waals surface area (Å²) in [7, 11) is 0. The molecule has 0 bridgehead atoms. The predicted octanol–water partition coefficient (Wildman–Crippen LogP) is 5.44. The van der Waals surface area contributed by atoms with Crippen LogP contribution in [-0.4, -0.2) is 12.0 Å². The van der Waals surface area contributed by atoms with Crippen LogP contribution in [0.2, 0.25) is 0 Å². The molecular weight excluding hydrogens is 405 g/mol. The molecule has 1 aliphatic carbocycles. The van der Waals surface area contributed by atoms with Gasteiger partial charge in [-0.15, -0.1) is 29.3 Å². The molecule has 0 spiro atoms. The Balaban J connectivity index is 0.00000182. The molecule has 3 heteroatoms. The maximum absolute atomic E-state index is 6.37. The van der Waals surface area contributed by atoms with E-state index in [0.717, 1.165) is 12.0 Å². The zero-order chi connectivity index (χ0) is 16.5. The molecule has 1 aliphatic rings. The zero-order valence-electron chi connectivity index (χ0n) is 13.9. The van der Waals surface area contributed by atoms with Crippen LogP contribution < -0.4 is 0 Å². The minimum absolute atomic E-state index is 0. The third-order valence-electron chi connectivity index (χ3n) is 4.67. The van der Waals surface area contributed by atoms with E-state index in [1.807, 2.05) is 12.1 Å². The Hall–Kier alpha value is -0.986. The van der Waals surface area contributed by atoms with E-state index < -0.39 is 0 Å². The van der Waals surface area contributed by atoms with Gasteiger partial charge in [0.05, 0.1) is 18.1 Å². The maximum Gasteiger partial charge on any atom is 0.0900 e. The summed E-state index contributed by atoms with van der Waals surface area (Å²) in [5, 5.41) is 2.46.